The number of fused-ring (bicyclic) bond motifs is 1. The van der Waals surface area contributed by atoms with Crippen LogP contribution in [0.25, 0.3) is 0 Å². The monoisotopic (exact) mass is 325 g/mol. The molecule has 0 saturated carbocycles. The number of hydrogen-bond donors (Lipinski definition) is 1. The Balaban J connectivity index is 1.90. The molecule has 2 aromatic rings. The van der Waals surface area contributed by atoms with E-state index in [1.54, 1.807) is 0 Å². The summed E-state index contributed by atoms with van der Waals surface area (Å²) in [5.41, 5.74) is 3.53. The molecule has 1 aromatic carbocycles. The fourth-order valence-electron chi connectivity index (χ4n) is 3.19. The van der Waals surface area contributed by atoms with Crippen LogP contribution in [0, 0.1) is 6.92 Å². The minimum absolute atomic E-state index is 0.0105. The van der Waals surface area contributed by atoms with Gasteiger partial charge in [0.25, 0.3) is 0 Å². The van der Waals surface area contributed by atoms with Gasteiger partial charge < -0.3 is 14.8 Å². The number of hydrogen-bond acceptors (Lipinski definition) is 2. The Kier molecular flexibility index (Phi) is 4.50. The molecule has 1 unspecified atom stereocenters. The van der Waals surface area contributed by atoms with Crippen molar-refractivity contribution in [1.82, 2.24) is 14.8 Å². The highest BCUT2D eigenvalue weighted by Gasteiger charge is 2.32. The van der Waals surface area contributed by atoms with E-state index in [0.717, 1.165) is 13.1 Å². The van der Waals surface area contributed by atoms with Gasteiger partial charge in [-0.15, -0.1) is 0 Å². The first kappa shape index (κ1) is 16.8. The molecule has 3 rings (SSSR count). The largest absolute Gasteiger partial charge is 0.348 e. The molecule has 0 aliphatic carbocycles. The summed E-state index contributed by atoms with van der Waals surface area (Å²) in [6.07, 6.45) is 2.10. The van der Waals surface area contributed by atoms with Crippen molar-refractivity contribution in [3.8, 4) is 0 Å². The average molecular weight is 325 g/mol. The Morgan fingerprint density at radius 3 is 2.54 bits per heavy atom. The van der Waals surface area contributed by atoms with Gasteiger partial charge in [-0.2, -0.15) is 0 Å². The van der Waals surface area contributed by atoms with E-state index >= 15 is 0 Å². The molecule has 0 saturated heterocycles. The van der Waals surface area contributed by atoms with E-state index < -0.39 is 0 Å². The molecule has 1 amide bonds. The number of carbonyl (C=O) groups excluding carboxylic acids is 1. The smallest absolute Gasteiger partial charge is 0.237 e. The van der Waals surface area contributed by atoms with Crippen LogP contribution in [0.3, 0.4) is 0 Å². The molecule has 0 bridgehead atoms. The Morgan fingerprint density at radius 1 is 1.17 bits per heavy atom. The van der Waals surface area contributed by atoms with E-state index in [4.69, 9.17) is 0 Å². The zero-order valence-electron chi connectivity index (χ0n) is 15.0. The van der Waals surface area contributed by atoms with Crippen molar-refractivity contribution in [2.75, 3.05) is 13.1 Å². The van der Waals surface area contributed by atoms with E-state index in [0.29, 0.717) is 6.54 Å². The molecular formula is C20H27N3O. The number of carbonyl (C=O) groups is 1. The fourth-order valence-corrected chi connectivity index (χ4v) is 3.19. The molecule has 0 radical (unpaired) electrons. The van der Waals surface area contributed by atoms with Crippen molar-refractivity contribution in [2.45, 2.75) is 45.8 Å². The molecule has 4 heteroatoms. The quantitative estimate of drug-likeness (QED) is 0.941. The summed E-state index contributed by atoms with van der Waals surface area (Å²) in [4.78, 5) is 14.9. The van der Waals surface area contributed by atoms with Crippen molar-refractivity contribution in [3.05, 3.63) is 59.4 Å². The number of nitrogens with zero attached hydrogens (tertiary/aromatic N) is 2. The molecule has 2 heterocycles. The second kappa shape index (κ2) is 6.44. The maximum Gasteiger partial charge on any atom is 0.237 e. The summed E-state index contributed by atoms with van der Waals surface area (Å²) in [6.45, 7) is 10.3. The number of nitrogens with one attached hydrogen (secondary N) is 1. The topological polar surface area (TPSA) is 37.3 Å². The molecule has 0 spiro atoms. The van der Waals surface area contributed by atoms with Crippen molar-refractivity contribution in [1.29, 1.82) is 0 Å². The van der Waals surface area contributed by atoms with Gasteiger partial charge >= 0.3 is 0 Å². The van der Waals surface area contributed by atoms with Gasteiger partial charge in [0, 0.05) is 30.5 Å². The first-order chi connectivity index (χ1) is 11.3. The van der Waals surface area contributed by atoms with Gasteiger partial charge in [0.1, 0.15) is 0 Å². The molecule has 1 N–H and O–H groups in total. The van der Waals surface area contributed by atoms with Crippen molar-refractivity contribution < 1.29 is 4.79 Å². The number of rotatable bonds is 3. The first-order valence-corrected chi connectivity index (χ1v) is 8.61. The molecule has 128 valence electrons. The Labute approximate surface area is 144 Å². The lowest BCUT2D eigenvalue weighted by Crippen LogP contribution is -2.49. The second-order valence-electron chi connectivity index (χ2n) is 7.63. The van der Waals surface area contributed by atoms with E-state index in [-0.39, 0.29) is 17.5 Å². The van der Waals surface area contributed by atoms with Crippen molar-refractivity contribution in [2.24, 2.45) is 0 Å². The molecule has 1 aliphatic heterocycles. The third-order valence-electron chi connectivity index (χ3n) is 4.52. The molecule has 1 aromatic heterocycles. The summed E-state index contributed by atoms with van der Waals surface area (Å²) in [5.74, 6) is 0.156. The summed E-state index contributed by atoms with van der Waals surface area (Å²) < 4.78 is 2.26. The molecule has 24 heavy (non-hydrogen) atoms. The molecular weight excluding hydrogens is 298 g/mol. The van der Waals surface area contributed by atoms with Crippen LogP contribution in [0.2, 0.25) is 0 Å². The lowest BCUT2D eigenvalue weighted by atomic mass is 9.98. The number of amides is 1. The summed E-state index contributed by atoms with van der Waals surface area (Å²) in [5, 5.41) is 3.32. The SMILES string of the molecule is Cc1ccc(C2c3cccn3CCN2C(=O)CNC(C)(C)C)cc1. The Bertz CT molecular complexity index is 709. The van der Waals surface area contributed by atoms with Crippen molar-refractivity contribution in [3.63, 3.8) is 0 Å². The normalized spacial score (nSPS) is 17.7. The van der Waals surface area contributed by atoms with E-state index in [1.807, 2.05) is 4.90 Å². The average Bonchev–Trinajstić information content (AvgIpc) is 3.00. The number of benzene rings is 1. The van der Waals surface area contributed by atoms with Gasteiger partial charge in [-0.25, -0.2) is 0 Å². The van der Waals surface area contributed by atoms with Crippen LogP contribution in [-0.4, -0.2) is 34.0 Å². The third-order valence-corrected chi connectivity index (χ3v) is 4.52. The molecule has 4 nitrogen and oxygen atoms in total. The Morgan fingerprint density at radius 2 is 1.88 bits per heavy atom. The van der Waals surface area contributed by atoms with Gasteiger partial charge in [-0.3, -0.25) is 4.79 Å². The summed E-state index contributed by atoms with van der Waals surface area (Å²) in [7, 11) is 0. The predicted molar refractivity (Wildman–Crippen MR) is 96.9 cm³/mol. The van der Waals surface area contributed by atoms with Gasteiger partial charge in [-0.1, -0.05) is 29.8 Å². The Hall–Kier alpha value is -2.07. The standard InChI is InChI=1S/C20H27N3O/c1-15-7-9-16(10-8-15)19-17-6-5-11-22(17)12-13-23(19)18(24)14-21-20(2,3)4/h5-11,19,21H,12-14H2,1-4H3. The first-order valence-electron chi connectivity index (χ1n) is 8.61. The highest BCUT2D eigenvalue weighted by atomic mass is 16.2. The summed E-state index contributed by atoms with van der Waals surface area (Å²) in [6, 6.07) is 12.7. The van der Waals surface area contributed by atoms with Gasteiger partial charge in [0.05, 0.1) is 12.6 Å². The van der Waals surface area contributed by atoms with Gasteiger partial charge in [0.2, 0.25) is 5.91 Å². The van der Waals surface area contributed by atoms with Crippen LogP contribution in [0.1, 0.15) is 43.6 Å². The predicted octanol–water partition coefficient (Wildman–Crippen LogP) is 3.12. The van der Waals surface area contributed by atoms with Crippen LogP contribution < -0.4 is 5.32 Å². The number of aryl methyl sites for hydroxylation is 1. The highest BCUT2D eigenvalue weighted by Crippen LogP contribution is 2.32. The lowest BCUT2D eigenvalue weighted by Gasteiger charge is -2.38. The van der Waals surface area contributed by atoms with Gasteiger partial charge in [0.15, 0.2) is 0 Å². The number of aromatic nitrogens is 1. The third kappa shape index (κ3) is 3.54. The maximum absolute atomic E-state index is 12.9. The van der Waals surface area contributed by atoms with Gasteiger partial charge in [-0.05, 0) is 45.4 Å². The minimum Gasteiger partial charge on any atom is -0.348 e. The lowest BCUT2D eigenvalue weighted by molar-refractivity contribution is -0.133. The van der Waals surface area contributed by atoms with Crippen LogP contribution in [0.5, 0.6) is 0 Å². The maximum atomic E-state index is 12.9. The molecule has 1 aliphatic rings. The van der Waals surface area contributed by atoms with E-state index in [9.17, 15) is 4.79 Å². The van der Waals surface area contributed by atoms with Crippen LogP contribution >= 0.6 is 0 Å². The van der Waals surface area contributed by atoms with Crippen molar-refractivity contribution >= 4 is 5.91 Å². The summed E-state index contributed by atoms with van der Waals surface area (Å²) >= 11 is 0. The highest BCUT2D eigenvalue weighted by molar-refractivity contribution is 5.79. The van der Waals surface area contributed by atoms with E-state index in [1.165, 1.54) is 16.8 Å². The molecule has 0 fully saturated rings. The van der Waals surface area contributed by atoms with Crippen LogP contribution in [0.15, 0.2) is 42.6 Å². The minimum atomic E-state index is -0.0645. The van der Waals surface area contributed by atoms with E-state index in [2.05, 4.69) is 80.2 Å². The zero-order valence-corrected chi connectivity index (χ0v) is 15.0. The molecule has 1 atom stereocenters. The second-order valence-corrected chi connectivity index (χ2v) is 7.63. The van der Waals surface area contributed by atoms with Crippen LogP contribution in [0.4, 0.5) is 0 Å². The fraction of sp³-hybridized carbons (Fsp3) is 0.450. The zero-order chi connectivity index (χ0) is 17.3. The van der Waals surface area contributed by atoms with Crippen LogP contribution in [-0.2, 0) is 11.3 Å².